The van der Waals surface area contributed by atoms with E-state index in [-0.39, 0.29) is 11.5 Å². The molecule has 0 aliphatic heterocycles. The largest absolute Gasteiger partial charge is 0.369 e. The van der Waals surface area contributed by atoms with Gasteiger partial charge < -0.3 is 5.73 Å². The van der Waals surface area contributed by atoms with Crippen LogP contribution < -0.4 is 11.3 Å². The Kier molecular flexibility index (Phi) is 1.77. The van der Waals surface area contributed by atoms with Crippen molar-refractivity contribution in [1.82, 2.24) is 9.55 Å². The summed E-state index contributed by atoms with van der Waals surface area (Å²) < 4.78 is 1.35. The van der Waals surface area contributed by atoms with E-state index in [9.17, 15) is 4.79 Å². The second kappa shape index (κ2) is 2.83. The van der Waals surface area contributed by atoms with E-state index >= 15 is 0 Å². The molecule has 0 radical (unpaired) electrons. The third kappa shape index (κ3) is 1.08. The third-order valence-corrected chi connectivity index (χ3v) is 2.34. The number of rotatable bonds is 0. The number of para-hydroxylation sites is 1. The predicted octanol–water partition coefficient (Wildman–Crippen LogP) is 0.824. The van der Waals surface area contributed by atoms with Crippen LogP contribution in [-0.2, 0) is 7.05 Å². The molecule has 4 heteroatoms. The van der Waals surface area contributed by atoms with Crippen LogP contribution in [0, 0.1) is 6.92 Å². The molecule has 1 aromatic carbocycles. The van der Waals surface area contributed by atoms with Crippen molar-refractivity contribution in [2.75, 3.05) is 5.73 Å². The number of benzene rings is 1. The van der Waals surface area contributed by atoms with Crippen LogP contribution in [0.5, 0.6) is 0 Å². The highest BCUT2D eigenvalue weighted by molar-refractivity contribution is 5.81. The van der Waals surface area contributed by atoms with Crippen LogP contribution in [0.4, 0.5) is 5.95 Å². The van der Waals surface area contributed by atoms with Gasteiger partial charge >= 0.3 is 0 Å². The van der Waals surface area contributed by atoms with Crippen LogP contribution >= 0.6 is 0 Å². The van der Waals surface area contributed by atoms with Gasteiger partial charge in [-0.05, 0) is 18.6 Å². The number of nitrogen functional groups attached to an aromatic ring is 1. The minimum atomic E-state index is -0.101. The van der Waals surface area contributed by atoms with Crippen LogP contribution in [0.2, 0.25) is 0 Å². The van der Waals surface area contributed by atoms with Crippen molar-refractivity contribution in [3.8, 4) is 0 Å². The summed E-state index contributed by atoms with van der Waals surface area (Å²) in [7, 11) is 1.62. The number of hydrogen-bond donors (Lipinski definition) is 1. The fourth-order valence-corrected chi connectivity index (χ4v) is 1.45. The average Bonchev–Trinajstić information content (AvgIpc) is 2.17. The monoisotopic (exact) mass is 189 g/mol. The summed E-state index contributed by atoms with van der Waals surface area (Å²) in [5.41, 5.74) is 7.16. The van der Waals surface area contributed by atoms with Gasteiger partial charge in [0.25, 0.3) is 5.56 Å². The summed E-state index contributed by atoms with van der Waals surface area (Å²) in [6.45, 7) is 1.91. The Morgan fingerprint density at radius 2 is 2.14 bits per heavy atom. The maximum absolute atomic E-state index is 11.7. The molecule has 4 nitrogen and oxygen atoms in total. The van der Waals surface area contributed by atoms with Crippen molar-refractivity contribution >= 4 is 16.9 Å². The highest BCUT2D eigenvalue weighted by Gasteiger charge is 2.06. The molecular weight excluding hydrogens is 178 g/mol. The molecule has 0 spiro atoms. The van der Waals surface area contributed by atoms with E-state index in [2.05, 4.69) is 4.98 Å². The minimum absolute atomic E-state index is 0.101. The van der Waals surface area contributed by atoms with Crippen molar-refractivity contribution in [3.05, 3.63) is 34.1 Å². The Morgan fingerprint density at radius 1 is 1.43 bits per heavy atom. The fourth-order valence-electron chi connectivity index (χ4n) is 1.45. The number of anilines is 1. The second-order valence-corrected chi connectivity index (χ2v) is 3.31. The van der Waals surface area contributed by atoms with Gasteiger partial charge in [-0.15, -0.1) is 0 Å². The molecule has 0 saturated heterocycles. The van der Waals surface area contributed by atoms with Gasteiger partial charge in [0.1, 0.15) is 0 Å². The van der Waals surface area contributed by atoms with E-state index in [1.54, 1.807) is 13.1 Å². The van der Waals surface area contributed by atoms with Crippen LogP contribution in [0.25, 0.3) is 10.9 Å². The van der Waals surface area contributed by atoms with Crippen molar-refractivity contribution in [1.29, 1.82) is 0 Å². The van der Waals surface area contributed by atoms with Crippen molar-refractivity contribution < 1.29 is 0 Å². The lowest BCUT2D eigenvalue weighted by atomic mass is 10.1. The lowest BCUT2D eigenvalue weighted by Crippen LogP contribution is -2.21. The number of aryl methyl sites for hydroxylation is 1. The van der Waals surface area contributed by atoms with E-state index in [0.29, 0.717) is 10.9 Å². The molecule has 2 N–H and O–H groups in total. The molecule has 0 unspecified atom stereocenters. The molecule has 0 bridgehead atoms. The zero-order chi connectivity index (χ0) is 10.3. The Hall–Kier alpha value is -1.84. The zero-order valence-corrected chi connectivity index (χ0v) is 8.11. The number of nitrogens with two attached hydrogens (primary N) is 1. The molecule has 2 rings (SSSR count). The van der Waals surface area contributed by atoms with Crippen LogP contribution in [0.3, 0.4) is 0 Å². The van der Waals surface area contributed by atoms with Gasteiger partial charge in [-0.3, -0.25) is 9.36 Å². The normalized spacial score (nSPS) is 10.7. The summed E-state index contributed by atoms with van der Waals surface area (Å²) in [4.78, 5) is 15.9. The van der Waals surface area contributed by atoms with E-state index in [1.165, 1.54) is 4.57 Å². The molecule has 1 heterocycles. The highest BCUT2D eigenvalue weighted by atomic mass is 16.1. The molecule has 72 valence electrons. The van der Waals surface area contributed by atoms with Gasteiger partial charge in [0, 0.05) is 7.05 Å². The quantitative estimate of drug-likeness (QED) is 0.667. The summed E-state index contributed by atoms with van der Waals surface area (Å²) >= 11 is 0. The maximum Gasteiger partial charge on any atom is 0.262 e. The van der Waals surface area contributed by atoms with Gasteiger partial charge in [-0.2, -0.15) is 0 Å². The first-order valence-corrected chi connectivity index (χ1v) is 4.33. The highest BCUT2D eigenvalue weighted by Crippen LogP contribution is 2.12. The molecule has 14 heavy (non-hydrogen) atoms. The first-order chi connectivity index (χ1) is 6.61. The van der Waals surface area contributed by atoms with E-state index in [0.717, 1.165) is 5.56 Å². The molecule has 0 saturated carbocycles. The van der Waals surface area contributed by atoms with E-state index in [1.807, 2.05) is 19.1 Å². The standard InChI is InChI=1S/C10H11N3O/c1-6-4-3-5-7-8(6)12-10(11)13(2)9(7)14/h3-5H,1-2H3,(H2,11,12). The molecule has 1 aromatic heterocycles. The molecule has 0 atom stereocenters. The first kappa shape index (κ1) is 8.74. The summed E-state index contributed by atoms with van der Waals surface area (Å²) in [6.07, 6.45) is 0. The Bertz CT molecular complexity index is 557. The lowest BCUT2D eigenvalue weighted by molar-refractivity contribution is 0.860. The molecule has 2 aromatic rings. The molecule has 0 aliphatic carbocycles. The van der Waals surface area contributed by atoms with Gasteiger partial charge in [0.2, 0.25) is 5.95 Å². The smallest absolute Gasteiger partial charge is 0.262 e. The number of fused-ring (bicyclic) bond motifs is 1. The molecular formula is C10H11N3O. The van der Waals surface area contributed by atoms with E-state index < -0.39 is 0 Å². The van der Waals surface area contributed by atoms with E-state index in [4.69, 9.17) is 5.73 Å². The van der Waals surface area contributed by atoms with Gasteiger partial charge in [0.15, 0.2) is 0 Å². The zero-order valence-electron chi connectivity index (χ0n) is 8.11. The molecule has 0 aliphatic rings. The second-order valence-electron chi connectivity index (χ2n) is 3.31. The van der Waals surface area contributed by atoms with Gasteiger partial charge in [-0.1, -0.05) is 12.1 Å². The van der Waals surface area contributed by atoms with Crippen molar-refractivity contribution in [2.24, 2.45) is 7.05 Å². The average molecular weight is 189 g/mol. The van der Waals surface area contributed by atoms with Crippen LogP contribution in [0.15, 0.2) is 23.0 Å². The van der Waals surface area contributed by atoms with Crippen molar-refractivity contribution in [2.45, 2.75) is 6.92 Å². The SMILES string of the molecule is Cc1cccc2c(=O)n(C)c(N)nc12. The third-order valence-electron chi connectivity index (χ3n) is 2.34. The van der Waals surface area contributed by atoms with Crippen LogP contribution in [0.1, 0.15) is 5.56 Å². The van der Waals surface area contributed by atoms with Crippen molar-refractivity contribution in [3.63, 3.8) is 0 Å². The van der Waals surface area contributed by atoms with Gasteiger partial charge in [-0.25, -0.2) is 4.98 Å². The Labute approximate surface area is 81.0 Å². The summed E-state index contributed by atoms with van der Waals surface area (Å²) in [5, 5.41) is 0.613. The van der Waals surface area contributed by atoms with Gasteiger partial charge in [0.05, 0.1) is 10.9 Å². The number of nitrogens with zero attached hydrogens (tertiary/aromatic N) is 2. The maximum atomic E-state index is 11.7. The molecule has 0 amide bonds. The minimum Gasteiger partial charge on any atom is -0.369 e. The number of hydrogen-bond acceptors (Lipinski definition) is 3. The lowest BCUT2D eigenvalue weighted by Gasteiger charge is -2.05. The predicted molar refractivity (Wildman–Crippen MR) is 56.1 cm³/mol. The summed E-state index contributed by atoms with van der Waals surface area (Å²) in [5.74, 6) is 0.247. The molecule has 0 fully saturated rings. The first-order valence-electron chi connectivity index (χ1n) is 4.33. The van der Waals surface area contributed by atoms with Crippen LogP contribution in [-0.4, -0.2) is 9.55 Å². The topological polar surface area (TPSA) is 60.9 Å². The Balaban J connectivity index is 3.06. The number of aromatic nitrogens is 2. The Morgan fingerprint density at radius 3 is 2.86 bits per heavy atom. The summed E-state index contributed by atoms with van der Waals surface area (Å²) in [6, 6.07) is 5.52. The fraction of sp³-hybridized carbons (Fsp3) is 0.200.